The van der Waals surface area contributed by atoms with Crippen LogP contribution in [0.3, 0.4) is 0 Å². The number of nitrogens with zero attached hydrogens (tertiary/aromatic N) is 1. The van der Waals surface area contributed by atoms with Crippen molar-refractivity contribution in [3.8, 4) is 11.3 Å². The molecule has 0 aliphatic carbocycles. The van der Waals surface area contributed by atoms with Crippen molar-refractivity contribution in [2.24, 2.45) is 0 Å². The van der Waals surface area contributed by atoms with Crippen molar-refractivity contribution in [1.82, 2.24) is 5.16 Å². The van der Waals surface area contributed by atoms with Gasteiger partial charge in [0.2, 0.25) is 0 Å². The zero-order chi connectivity index (χ0) is 11.0. The van der Waals surface area contributed by atoms with Gasteiger partial charge in [-0.2, -0.15) is 0 Å². The summed E-state index contributed by atoms with van der Waals surface area (Å²) in [5.74, 6) is 0.931. The van der Waals surface area contributed by atoms with E-state index in [9.17, 15) is 0 Å². The fourth-order valence-electron chi connectivity index (χ4n) is 1.13. The number of hydrogen-bond acceptors (Lipinski definition) is 3. The number of anilines is 1. The first-order valence-electron chi connectivity index (χ1n) is 3.95. The van der Waals surface area contributed by atoms with E-state index in [2.05, 4.69) is 43.7 Å². The third kappa shape index (κ3) is 2.14. The van der Waals surface area contributed by atoms with Gasteiger partial charge in [0, 0.05) is 14.2 Å². The molecule has 6 heteroatoms. The number of halogens is 3. The van der Waals surface area contributed by atoms with Crippen LogP contribution in [-0.2, 0) is 0 Å². The monoisotopic (exact) mass is 398 g/mol. The topological polar surface area (TPSA) is 52.0 Å². The summed E-state index contributed by atoms with van der Waals surface area (Å²) in [4.78, 5) is 0. The van der Waals surface area contributed by atoms with Gasteiger partial charge < -0.3 is 10.3 Å². The molecule has 0 atom stereocenters. The van der Waals surface area contributed by atoms with Crippen molar-refractivity contribution >= 4 is 55.9 Å². The largest absolute Gasteiger partial charge is 0.380 e. The van der Waals surface area contributed by atoms with Crippen LogP contribution in [0, 0.1) is 3.57 Å². The zero-order valence-corrected chi connectivity index (χ0v) is 11.8. The summed E-state index contributed by atoms with van der Waals surface area (Å²) in [5, 5.41) is 4.32. The number of nitrogen functional groups attached to an aromatic ring is 1. The van der Waals surface area contributed by atoms with Gasteiger partial charge >= 0.3 is 0 Å². The molecule has 0 amide bonds. The molecule has 0 fully saturated rings. The van der Waals surface area contributed by atoms with E-state index in [-0.39, 0.29) is 0 Å². The summed E-state index contributed by atoms with van der Waals surface area (Å²) in [6, 6.07) is 5.54. The molecule has 0 aliphatic rings. The number of benzene rings is 1. The first-order valence-corrected chi connectivity index (χ1v) is 6.20. The second kappa shape index (κ2) is 4.31. The standard InChI is InChI=1S/C9H5BrClIN2O/c10-7-8(15-14-9(7)13)5-3-4(11)1-2-6(5)12/h1-3H,(H2,13,14). The molecule has 0 saturated heterocycles. The van der Waals surface area contributed by atoms with E-state index in [0.29, 0.717) is 21.1 Å². The molecular formula is C9H5BrClIN2O. The molecule has 15 heavy (non-hydrogen) atoms. The Bertz CT molecular complexity index is 515. The highest BCUT2D eigenvalue weighted by molar-refractivity contribution is 14.1. The highest BCUT2D eigenvalue weighted by atomic mass is 127. The third-order valence-corrected chi connectivity index (χ3v) is 3.77. The van der Waals surface area contributed by atoms with Gasteiger partial charge in [0.15, 0.2) is 11.6 Å². The van der Waals surface area contributed by atoms with Crippen LogP contribution in [0.25, 0.3) is 11.3 Å². The van der Waals surface area contributed by atoms with Crippen molar-refractivity contribution < 1.29 is 4.52 Å². The Morgan fingerprint density at radius 3 is 2.80 bits per heavy atom. The van der Waals surface area contributed by atoms with E-state index in [4.69, 9.17) is 21.9 Å². The van der Waals surface area contributed by atoms with Gasteiger partial charge in [0.25, 0.3) is 0 Å². The van der Waals surface area contributed by atoms with Gasteiger partial charge in [0.1, 0.15) is 4.47 Å². The molecule has 1 aromatic carbocycles. The summed E-state index contributed by atoms with van der Waals surface area (Å²) >= 11 is 11.4. The predicted octanol–water partition coefficient (Wildman–Crippen LogP) is 3.94. The summed E-state index contributed by atoms with van der Waals surface area (Å²) in [6.07, 6.45) is 0. The first-order chi connectivity index (χ1) is 7.09. The fourth-order valence-corrected chi connectivity index (χ4v) is 2.24. The second-order valence-corrected chi connectivity index (χ2v) is 5.23. The van der Waals surface area contributed by atoms with Crippen LogP contribution < -0.4 is 5.73 Å². The lowest BCUT2D eigenvalue weighted by atomic mass is 10.2. The molecule has 2 rings (SSSR count). The molecule has 0 aliphatic heterocycles. The molecule has 0 unspecified atom stereocenters. The van der Waals surface area contributed by atoms with Crippen LogP contribution >= 0.6 is 50.1 Å². The molecule has 78 valence electrons. The maximum absolute atomic E-state index is 5.91. The highest BCUT2D eigenvalue weighted by Crippen LogP contribution is 2.36. The molecule has 1 aromatic heterocycles. The Balaban J connectivity index is 2.63. The van der Waals surface area contributed by atoms with Crippen LogP contribution in [0.15, 0.2) is 27.2 Å². The number of nitrogens with two attached hydrogens (primary N) is 1. The van der Waals surface area contributed by atoms with Crippen LogP contribution in [0.4, 0.5) is 5.82 Å². The van der Waals surface area contributed by atoms with Gasteiger partial charge in [0.05, 0.1) is 0 Å². The first kappa shape index (κ1) is 11.2. The van der Waals surface area contributed by atoms with Crippen LogP contribution in [0.2, 0.25) is 5.02 Å². The lowest BCUT2D eigenvalue weighted by Crippen LogP contribution is -1.84. The zero-order valence-electron chi connectivity index (χ0n) is 7.30. The number of rotatable bonds is 1. The van der Waals surface area contributed by atoms with Gasteiger partial charge in [-0.1, -0.05) is 16.8 Å². The van der Waals surface area contributed by atoms with E-state index in [1.807, 2.05) is 18.2 Å². The van der Waals surface area contributed by atoms with Gasteiger partial charge in [-0.15, -0.1) is 0 Å². The van der Waals surface area contributed by atoms with Crippen molar-refractivity contribution in [3.63, 3.8) is 0 Å². The molecule has 0 radical (unpaired) electrons. The quantitative estimate of drug-likeness (QED) is 0.739. The molecular weight excluding hydrogens is 394 g/mol. The van der Waals surface area contributed by atoms with Crippen LogP contribution in [-0.4, -0.2) is 5.16 Å². The summed E-state index contributed by atoms with van der Waals surface area (Å²) in [7, 11) is 0. The Morgan fingerprint density at radius 1 is 1.47 bits per heavy atom. The van der Waals surface area contributed by atoms with Gasteiger partial charge in [-0.25, -0.2) is 0 Å². The maximum atomic E-state index is 5.91. The van der Waals surface area contributed by atoms with Gasteiger partial charge in [-0.05, 0) is 56.7 Å². The Morgan fingerprint density at radius 2 is 2.20 bits per heavy atom. The average Bonchev–Trinajstić information content (AvgIpc) is 2.52. The van der Waals surface area contributed by atoms with E-state index >= 15 is 0 Å². The highest BCUT2D eigenvalue weighted by Gasteiger charge is 2.15. The Hall–Kier alpha value is -0.270. The number of aromatic nitrogens is 1. The summed E-state index contributed by atoms with van der Waals surface area (Å²) in [6.45, 7) is 0. The maximum Gasteiger partial charge on any atom is 0.184 e. The predicted molar refractivity (Wildman–Crippen MR) is 71.8 cm³/mol. The lowest BCUT2D eigenvalue weighted by molar-refractivity contribution is 0.435. The van der Waals surface area contributed by atoms with Gasteiger partial charge in [-0.3, -0.25) is 0 Å². The van der Waals surface area contributed by atoms with Crippen molar-refractivity contribution in [3.05, 3.63) is 31.3 Å². The second-order valence-electron chi connectivity index (χ2n) is 2.84. The average molecular weight is 399 g/mol. The minimum Gasteiger partial charge on any atom is -0.380 e. The molecule has 2 aromatic rings. The minimum absolute atomic E-state index is 0.334. The Kier molecular flexibility index (Phi) is 3.22. The van der Waals surface area contributed by atoms with E-state index < -0.39 is 0 Å². The van der Waals surface area contributed by atoms with Crippen LogP contribution in [0.1, 0.15) is 0 Å². The molecule has 0 bridgehead atoms. The number of hydrogen-bond donors (Lipinski definition) is 1. The molecule has 3 nitrogen and oxygen atoms in total. The Labute approximate surface area is 113 Å². The summed E-state index contributed by atoms with van der Waals surface area (Å²) < 4.78 is 6.81. The molecule has 0 saturated carbocycles. The van der Waals surface area contributed by atoms with E-state index in [1.165, 1.54) is 0 Å². The van der Waals surface area contributed by atoms with Crippen molar-refractivity contribution in [1.29, 1.82) is 0 Å². The van der Waals surface area contributed by atoms with Crippen molar-refractivity contribution in [2.45, 2.75) is 0 Å². The molecule has 1 heterocycles. The lowest BCUT2D eigenvalue weighted by Gasteiger charge is -2.01. The minimum atomic E-state index is 0.334. The fraction of sp³-hybridized carbons (Fsp3) is 0. The smallest absolute Gasteiger partial charge is 0.184 e. The molecule has 2 N–H and O–H groups in total. The SMILES string of the molecule is Nc1noc(-c2cc(Cl)ccc2I)c1Br. The van der Waals surface area contributed by atoms with Crippen molar-refractivity contribution in [2.75, 3.05) is 5.73 Å². The van der Waals surface area contributed by atoms with E-state index in [0.717, 1.165) is 9.13 Å². The third-order valence-electron chi connectivity index (χ3n) is 1.83. The van der Waals surface area contributed by atoms with Crippen LogP contribution in [0.5, 0.6) is 0 Å². The normalized spacial score (nSPS) is 10.6. The molecule has 0 spiro atoms. The van der Waals surface area contributed by atoms with E-state index in [1.54, 1.807) is 0 Å². The summed E-state index contributed by atoms with van der Waals surface area (Å²) in [5.41, 5.74) is 6.45.